The topological polar surface area (TPSA) is 36.0 Å². The van der Waals surface area contributed by atoms with Crippen LogP contribution in [-0.2, 0) is 9.53 Å². The second-order valence-electron chi connectivity index (χ2n) is 4.75. The fourth-order valence-corrected chi connectivity index (χ4v) is 1.96. The monoisotopic (exact) mass is 243 g/mol. The molecular weight excluding hydrogens is 218 g/mol. The van der Waals surface area contributed by atoms with E-state index < -0.39 is 0 Å². The molecule has 0 spiro atoms. The van der Waals surface area contributed by atoms with Crippen LogP contribution in [0, 0.1) is 0 Å². The summed E-state index contributed by atoms with van der Waals surface area (Å²) < 4.78 is 5.09. The molecule has 1 aliphatic rings. The summed E-state index contributed by atoms with van der Waals surface area (Å²) in [4.78, 5) is 17.9. The highest BCUT2D eigenvalue weighted by Crippen LogP contribution is 2.03. The molecule has 0 saturated carbocycles. The summed E-state index contributed by atoms with van der Waals surface area (Å²) in [5.41, 5.74) is 0. The van der Waals surface area contributed by atoms with E-state index in [2.05, 4.69) is 9.80 Å². The van der Waals surface area contributed by atoms with E-state index in [9.17, 15) is 4.79 Å². The van der Waals surface area contributed by atoms with E-state index >= 15 is 0 Å². The number of rotatable bonds is 5. The number of carbonyl (C=O) groups is 1. The highest BCUT2D eigenvalue weighted by Gasteiger charge is 2.17. The van der Waals surface area contributed by atoms with Crippen molar-refractivity contribution in [3.63, 3.8) is 0 Å². The van der Waals surface area contributed by atoms with Gasteiger partial charge in [-0.1, -0.05) is 0 Å². The first-order valence-electron chi connectivity index (χ1n) is 6.27. The van der Waals surface area contributed by atoms with Crippen molar-refractivity contribution in [3.05, 3.63) is 0 Å². The highest BCUT2D eigenvalue weighted by atomic mass is 16.5. The lowest BCUT2D eigenvalue weighted by Crippen LogP contribution is -2.39. The molecule has 0 bridgehead atoms. The SMILES string of the molecule is COCCN1CCCN(CC(=O)N(C)C)CC1. The molecule has 1 rings (SSSR count). The van der Waals surface area contributed by atoms with Crippen LogP contribution in [0.3, 0.4) is 0 Å². The van der Waals surface area contributed by atoms with Gasteiger partial charge in [-0.3, -0.25) is 14.6 Å². The smallest absolute Gasteiger partial charge is 0.236 e. The third kappa shape index (κ3) is 5.48. The second-order valence-corrected chi connectivity index (χ2v) is 4.75. The molecular formula is C12H25N3O2. The van der Waals surface area contributed by atoms with Gasteiger partial charge in [0.1, 0.15) is 0 Å². The Kier molecular flexibility index (Phi) is 6.47. The number of methoxy groups -OCH3 is 1. The van der Waals surface area contributed by atoms with Gasteiger partial charge in [0.05, 0.1) is 13.2 Å². The minimum atomic E-state index is 0.190. The number of hydrogen-bond acceptors (Lipinski definition) is 4. The fourth-order valence-electron chi connectivity index (χ4n) is 1.96. The van der Waals surface area contributed by atoms with E-state index in [-0.39, 0.29) is 5.91 Å². The first kappa shape index (κ1) is 14.4. The molecule has 0 aliphatic carbocycles. The molecule has 5 nitrogen and oxygen atoms in total. The van der Waals surface area contributed by atoms with Crippen molar-refractivity contribution in [2.75, 3.05) is 67.1 Å². The Balaban J connectivity index is 2.29. The predicted molar refractivity (Wildman–Crippen MR) is 68.1 cm³/mol. The Morgan fingerprint density at radius 3 is 2.47 bits per heavy atom. The zero-order chi connectivity index (χ0) is 12.7. The fraction of sp³-hybridized carbons (Fsp3) is 0.917. The Bertz CT molecular complexity index is 234. The lowest BCUT2D eigenvalue weighted by Gasteiger charge is -2.22. The summed E-state index contributed by atoms with van der Waals surface area (Å²) in [5, 5.41) is 0. The number of amides is 1. The van der Waals surface area contributed by atoms with Crippen molar-refractivity contribution in [2.24, 2.45) is 0 Å². The lowest BCUT2D eigenvalue weighted by atomic mass is 10.3. The van der Waals surface area contributed by atoms with E-state index in [1.165, 1.54) is 0 Å². The minimum absolute atomic E-state index is 0.190. The molecule has 1 saturated heterocycles. The third-order valence-electron chi connectivity index (χ3n) is 3.15. The van der Waals surface area contributed by atoms with Crippen LogP contribution in [0.4, 0.5) is 0 Å². The minimum Gasteiger partial charge on any atom is -0.383 e. The summed E-state index contributed by atoms with van der Waals surface area (Å²) in [7, 11) is 5.36. The quantitative estimate of drug-likeness (QED) is 0.666. The van der Waals surface area contributed by atoms with Crippen LogP contribution in [-0.4, -0.2) is 87.7 Å². The highest BCUT2D eigenvalue weighted by molar-refractivity contribution is 5.77. The van der Waals surface area contributed by atoms with Gasteiger partial charge in [0.2, 0.25) is 5.91 Å². The largest absolute Gasteiger partial charge is 0.383 e. The Hall–Kier alpha value is -0.650. The predicted octanol–water partition coefficient (Wildman–Crippen LogP) is -0.271. The van der Waals surface area contributed by atoms with E-state index in [0.717, 1.165) is 45.8 Å². The van der Waals surface area contributed by atoms with E-state index in [1.54, 1.807) is 12.0 Å². The Morgan fingerprint density at radius 2 is 1.82 bits per heavy atom. The molecule has 0 aromatic carbocycles. The third-order valence-corrected chi connectivity index (χ3v) is 3.15. The van der Waals surface area contributed by atoms with Gasteiger partial charge < -0.3 is 9.64 Å². The molecule has 100 valence electrons. The number of nitrogens with zero attached hydrogens (tertiary/aromatic N) is 3. The number of carbonyl (C=O) groups excluding carboxylic acids is 1. The van der Waals surface area contributed by atoms with Crippen molar-refractivity contribution >= 4 is 5.91 Å². The van der Waals surface area contributed by atoms with Crippen LogP contribution in [0.25, 0.3) is 0 Å². The first-order chi connectivity index (χ1) is 8.13. The van der Waals surface area contributed by atoms with Crippen LogP contribution >= 0.6 is 0 Å². The van der Waals surface area contributed by atoms with E-state index in [4.69, 9.17) is 4.74 Å². The van der Waals surface area contributed by atoms with Crippen molar-refractivity contribution in [3.8, 4) is 0 Å². The molecule has 0 radical (unpaired) electrons. The average molecular weight is 243 g/mol. The van der Waals surface area contributed by atoms with Crippen molar-refractivity contribution < 1.29 is 9.53 Å². The molecule has 1 aliphatic heterocycles. The lowest BCUT2D eigenvalue weighted by molar-refractivity contribution is -0.129. The molecule has 17 heavy (non-hydrogen) atoms. The van der Waals surface area contributed by atoms with Crippen LogP contribution in [0.1, 0.15) is 6.42 Å². The summed E-state index contributed by atoms with van der Waals surface area (Å²) in [6.07, 6.45) is 1.13. The maximum atomic E-state index is 11.6. The zero-order valence-corrected chi connectivity index (χ0v) is 11.3. The number of ether oxygens (including phenoxy) is 1. The van der Waals surface area contributed by atoms with Gasteiger partial charge in [-0.15, -0.1) is 0 Å². The molecule has 0 N–H and O–H groups in total. The van der Waals surface area contributed by atoms with Gasteiger partial charge in [0, 0.05) is 40.8 Å². The van der Waals surface area contributed by atoms with Gasteiger partial charge in [-0.05, 0) is 19.5 Å². The molecule has 0 aromatic rings. The molecule has 1 amide bonds. The average Bonchev–Trinajstić information content (AvgIpc) is 2.52. The Labute approximate surface area is 104 Å². The Morgan fingerprint density at radius 1 is 1.18 bits per heavy atom. The standard InChI is InChI=1S/C12H25N3O2/c1-13(2)12(16)11-15-6-4-5-14(7-8-15)9-10-17-3/h4-11H2,1-3H3. The molecule has 0 atom stereocenters. The first-order valence-corrected chi connectivity index (χ1v) is 6.27. The summed E-state index contributed by atoms with van der Waals surface area (Å²) in [6, 6.07) is 0. The number of hydrogen-bond donors (Lipinski definition) is 0. The van der Waals surface area contributed by atoms with Crippen LogP contribution in [0.2, 0.25) is 0 Å². The summed E-state index contributed by atoms with van der Waals surface area (Å²) in [5.74, 6) is 0.190. The maximum Gasteiger partial charge on any atom is 0.236 e. The van der Waals surface area contributed by atoms with Gasteiger partial charge in [-0.25, -0.2) is 0 Å². The van der Waals surface area contributed by atoms with Crippen molar-refractivity contribution in [2.45, 2.75) is 6.42 Å². The van der Waals surface area contributed by atoms with E-state index in [1.807, 2.05) is 14.1 Å². The van der Waals surface area contributed by atoms with E-state index in [0.29, 0.717) is 6.54 Å². The van der Waals surface area contributed by atoms with Gasteiger partial charge in [0.25, 0.3) is 0 Å². The van der Waals surface area contributed by atoms with Crippen LogP contribution in [0.15, 0.2) is 0 Å². The van der Waals surface area contributed by atoms with Crippen molar-refractivity contribution in [1.29, 1.82) is 0 Å². The summed E-state index contributed by atoms with van der Waals surface area (Å²) in [6.45, 7) is 6.46. The zero-order valence-electron chi connectivity index (χ0n) is 11.3. The van der Waals surface area contributed by atoms with Gasteiger partial charge >= 0.3 is 0 Å². The molecule has 5 heteroatoms. The molecule has 1 heterocycles. The molecule has 0 unspecified atom stereocenters. The molecule has 0 aromatic heterocycles. The van der Waals surface area contributed by atoms with Crippen molar-refractivity contribution in [1.82, 2.24) is 14.7 Å². The van der Waals surface area contributed by atoms with Crippen LogP contribution in [0.5, 0.6) is 0 Å². The van der Waals surface area contributed by atoms with Gasteiger partial charge in [-0.2, -0.15) is 0 Å². The summed E-state index contributed by atoms with van der Waals surface area (Å²) >= 11 is 0. The number of likely N-dealkylation sites (N-methyl/N-ethyl adjacent to an activating group) is 1. The van der Waals surface area contributed by atoms with Crippen LogP contribution < -0.4 is 0 Å². The normalized spacial score (nSPS) is 19.0. The molecule has 1 fully saturated rings. The second kappa shape index (κ2) is 7.63. The van der Waals surface area contributed by atoms with Gasteiger partial charge in [0.15, 0.2) is 0 Å². The maximum absolute atomic E-state index is 11.6.